The van der Waals surface area contributed by atoms with Crippen LogP contribution in [0.5, 0.6) is 0 Å². The summed E-state index contributed by atoms with van der Waals surface area (Å²) in [5, 5.41) is 11.0. The highest BCUT2D eigenvalue weighted by molar-refractivity contribution is 5.94. The van der Waals surface area contributed by atoms with Gasteiger partial charge < -0.3 is 14.6 Å². The van der Waals surface area contributed by atoms with Crippen molar-refractivity contribution >= 4 is 11.6 Å². The van der Waals surface area contributed by atoms with Crippen molar-refractivity contribution in [3.63, 3.8) is 0 Å². The second-order valence-corrected chi connectivity index (χ2v) is 5.74. The van der Waals surface area contributed by atoms with Crippen LogP contribution in [-0.4, -0.2) is 28.0 Å². The lowest BCUT2D eigenvalue weighted by Crippen LogP contribution is -2.22. The summed E-state index contributed by atoms with van der Waals surface area (Å²) >= 11 is 0. The molecule has 7 nitrogen and oxygen atoms in total. The second kappa shape index (κ2) is 7.31. The Morgan fingerprint density at radius 1 is 1.32 bits per heavy atom. The summed E-state index contributed by atoms with van der Waals surface area (Å²) in [5.74, 6) is 0.521. The van der Waals surface area contributed by atoms with E-state index >= 15 is 0 Å². The topological polar surface area (TPSA) is 82.2 Å². The standard InChI is InChI=1S/C18H20N4O3/c1-12-16(13(2)25-21-12)11-22-10-15(9-19-22)20-18(23)17(24-3)14-7-5-4-6-8-14/h4-10,17H,11H2,1-3H3,(H,20,23)/t17-/m0/s1. The first-order valence-corrected chi connectivity index (χ1v) is 7.91. The molecule has 0 saturated heterocycles. The number of ether oxygens (including phenoxy) is 1. The van der Waals surface area contributed by atoms with E-state index in [2.05, 4.69) is 15.6 Å². The van der Waals surface area contributed by atoms with Crippen molar-refractivity contribution in [2.24, 2.45) is 0 Å². The van der Waals surface area contributed by atoms with E-state index in [1.807, 2.05) is 44.2 Å². The van der Waals surface area contributed by atoms with Crippen molar-refractivity contribution < 1.29 is 14.1 Å². The summed E-state index contributed by atoms with van der Waals surface area (Å²) in [6.07, 6.45) is 2.70. The van der Waals surface area contributed by atoms with Crippen LogP contribution in [0.3, 0.4) is 0 Å². The largest absolute Gasteiger partial charge is 0.367 e. The summed E-state index contributed by atoms with van der Waals surface area (Å²) < 4.78 is 12.2. The highest BCUT2D eigenvalue weighted by atomic mass is 16.5. The third-order valence-electron chi connectivity index (χ3n) is 3.98. The molecule has 1 aromatic carbocycles. The molecule has 1 amide bonds. The fourth-order valence-corrected chi connectivity index (χ4v) is 2.63. The van der Waals surface area contributed by atoms with Gasteiger partial charge in [0.15, 0.2) is 6.10 Å². The molecule has 3 rings (SSSR count). The summed E-state index contributed by atoms with van der Waals surface area (Å²) in [7, 11) is 1.51. The van der Waals surface area contributed by atoms with Crippen LogP contribution in [0.25, 0.3) is 0 Å². The molecule has 0 aliphatic heterocycles. The van der Waals surface area contributed by atoms with Crippen LogP contribution in [-0.2, 0) is 16.1 Å². The molecule has 25 heavy (non-hydrogen) atoms. The molecule has 2 aromatic heterocycles. The van der Waals surface area contributed by atoms with Gasteiger partial charge in [0.25, 0.3) is 5.91 Å². The van der Waals surface area contributed by atoms with E-state index in [0.717, 1.165) is 22.6 Å². The van der Waals surface area contributed by atoms with E-state index in [0.29, 0.717) is 12.2 Å². The summed E-state index contributed by atoms with van der Waals surface area (Å²) in [4.78, 5) is 12.5. The first-order chi connectivity index (χ1) is 12.1. The van der Waals surface area contributed by atoms with Crippen molar-refractivity contribution in [3.8, 4) is 0 Å². The number of amides is 1. The Balaban J connectivity index is 1.69. The van der Waals surface area contributed by atoms with Gasteiger partial charge in [-0.25, -0.2) is 0 Å². The van der Waals surface area contributed by atoms with Gasteiger partial charge >= 0.3 is 0 Å². The first kappa shape index (κ1) is 16.9. The smallest absolute Gasteiger partial charge is 0.258 e. The lowest BCUT2D eigenvalue weighted by atomic mass is 10.1. The van der Waals surface area contributed by atoms with Gasteiger partial charge in [0.05, 0.1) is 24.1 Å². The molecule has 2 heterocycles. The summed E-state index contributed by atoms with van der Waals surface area (Å²) in [6, 6.07) is 9.35. The zero-order valence-corrected chi connectivity index (χ0v) is 14.4. The number of hydrogen-bond donors (Lipinski definition) is 1. The van der Waals surface area contributed by atoms with Crippen LogP contribution < -0.4 is 5.32 Å². The Kier molecular flexibility index (Phi) is 4.95. The normalized spacial score (nSPS) is 12.1. The zero-order valence-electron chi connectivity index (χ0n) is 14.4. The van der Waals surface area contributed by atoms with Gasteiger partial charge in [0.1, 0.15) is 5.76 Å². The predicted molar refractivity (Wildman–Crippen MR) is 92.1 cm³/mol. The van der Waals surface area contributed by atoms with Crippen LogP contribution in [0, 0.1) is 13.8 Å². The Morgan fingerprint density at radius 3 is 2.72 bits per heavy atom. The number of benzene rings is 1. The van der Waals surface area contributed by atoms with Crippen molar-refractivity contribution in [2.45, 2.75) is 26.5 Å². The average molecular weight is 340 g/mol. The van der Waals surface area contributed by atoms with Gasteiger partial charge in [-0.05, 0) is 19.4 Å². The number of hydrogen-bond acceptors (Lipinski definition) is 5. The monoisotopic (exact) mass is 340 g/mol. The quantitative estimate of drug-likeness (QED) is 0.746. The molecule has 0 aliphatic carbocycles. The Morgan fingerprint density at radius 2 is 2.08 bits per heavy atom. The van der Waals surface area contributed by atoms with Gasteiger partial charge in [-0.3, -0.25) is 9.48 Å². The molecule has 0 unspecified atom stereocenters. The molecule has 0 spiro atoms. The highest BCUT2D eigenvalue weighted by Gasteiger charge is 2.20. The highest BCUT2D eigenvalue weighted by Crippen LogP contribution is 2.19. The summed E-state index contributed by atoms with van der Waals surface area (Å²) in [5.41, 5.74) is 3.22. The van der Waals surface area contributed by atoms with Gasteiger partial charge in [-0.15, -0.1) is 0 Å². The van der Waals surface area contributed by atoms with Gasteiger partial charge in [-0.1, -0.05) is 35.5 Å². The molecule has 130 valence electrons. The minimum absolute atomic E-state index is 0.245. The van der Waals surface area contributed by atoms with E-state index in [1.54, 1.807) is 17.1 Å². The fraction of sp³-hybridized carbons (Fsp3) is 0.278. The minimum Gasteiger partial charge on any atom is -0.367 e. The van der Waals surface area contributed by atoms with Crippen molar-refractivity contribution in [3.05, 3.63) is 65.3 Å². The maximum Gasteiger partial charge on any atom is 0.258 e. The molecule has 0 radical (unpaired) electrons. The number of carbonyl (C=O) groups excluding carboxylic acids is 1. The molecular formula is C18H20N4O3. The second-order valence-electron chi connectivity index (χ2n) is 5.74. The third-order valence-corrected chi connectivity index (χ3v) is 3.98. The van der Waals surface area contributed by atoms with E-state index in [4.69, 9.17) is 9.26 Å². The van der Waals surface area contributed by atoms with Gasteiger partial charge in [0, 0.05) is 18.9 Å². The molecule has 0 fully saturated rings. The molecule has 1 N–H and O–H groups in total. The third kappa shape index (κ3) is 3.77. The maximum atomic E-state index is 12.5. The molecule has 7 heteroatoms. The molecule has 0 bridgehead atoms. The number of nitrogens with zero attached hydrogens (tertiary/aromatic N) is 3. The van der Waals surface area contributed by atoms with E-state index in [1.165, 1.54) is 7.11 Å². The maximum absolute atomic E-state index is 12.5. The number of nitrogens with one attached hydrogen (secondary N) is 1. The van der Waals surface area contributed by atoms with Crippen molar-refractivity contribution in [1.82, 2.24) is 14.9 Å². The van der Waals surface area contributed by atoms with Crippen LogP contribution in [0.1, 0.15) is 28.7 Å². The van der Waals surface area contributed by atoms with Crippen LogP contribution in [0.2, 0.25) is 0 Å². The van der Waals surface area contributed by atoms with E-state index in [9.17, 15) is 4.79 Å². The first-order valence-electron chi connectivity index (χ1n) is 7.91. The SMILES string of the molecule is CO[C@H](C(=O)Nc1cnn(Cc2c(C)noc2C)c1)c1ccccc1. The lowest BCUT2D eigenvalue weighted by Gasteiger charge is -2.14. The fourth-order valence-electron chi connectivity index (χ4n) is 2.63. The van der Waals surface area contributed by atoms with Crippen LogP contribution >= 0.6 is 0 Å². The number of aryl methyl sites for hydroxylation is 2. The Labute approximate surface area is 145 Å². The number of aromatic nitrogens is 3. The number of rotatable bonds is 6. The minimum atomic E-state index is -0.674. The number of methoxy groups -OCH3 is 1. The van der Waals surface area contributed by atoms with Gasteiger partial charge in [-0.2, -0.15) is 5.10 Å². The van der Waals surface area contributed by atoms with Crippen LogP contribution in [0.4, 0.5) is 5.69 Å². The molecule has 0 aliphatic rings. The molecule has 3 aromatic rings. The van der Waals surface area contributed by atoms with Crippen LogP contribution in [0.15, 0.2) is 47.2 Å². The Hall–Kier alpha value is -2.93. The predicted octanol–water partition coefficient (Wildman–Crippen LogP) is 2.86. The molecule has 1 atom stereocenters. The van der Waals surface area contributed by atoms with Crippen molar-refractivity contribution in [2.75, 3.05) is 12.4 Å². The Bertz CT molecular complexity index is 835. The number of carbonyl (C=O) groups is 1. The molecular weight excluding hydrogens is 320 g/mol. The average Bonchev–Trinajstić information content (AvgIpc) is 3.18. The lowest BCUT2D eigenvalue weighted by molar-refractivity contribution is -0.126. The summed E-state index contributed by atoms with van der Waals surface area (Å²) in [6.45, 7) is 4.29. The molecule has 0 saturated carbocycles. The van der Waals surface area contributed by atoms with Crippen molar-refractivity contribution in [1.29, 1.82) is 0 Å². The van der Waals surface area contributed by atoms with E-state index in [-0.39, 0.29) is 5.91 Å². The van der Waals surface area contributed by atoms with E-state index < -0.39 is 6.10 Å². The zero-order chi connectivity index (χ0) is 17.8. The van der Waals surface area contributed by atoms with Gasteiger partial charge in [0.2, 0.25) is 0 Å². The number of anilines is 1.